The number of carbonyl (C=O) groups excluding carboxylic acids is 2. The molecule has 4 bridgehead atoms. The van der Waals surface area contributed by atoms with Gasteiger partial charge in [-0.2, -0.15) is 5.26 Å². The SMILES string of the molecule is COc1ccc2[nH]c3c(c2c1)C[C@H](CN)N[C@]31CS[C@@H]2c3c(OC(C)=O)c(C)c4c(c3[C@H](COC1=O)N1[C@@H]2[C@@H]2N[C@@H](Cc3cc(C)c(OC)c(O)c32)[C@@H]1C#N)OCO4. The summed E-state index contributed by atoms with van der Waals surface area (Å²) in [5.41, 5.74) is 11.8. The number of nitrogens with zero attached hydrogens (tertiary/aromatic N) is 2. The summed E-state index contributed by atoms with van der Waals surface area (Å²) >= 11 is 1.49. The molecule has 4 aromatic rings. The number of aryl methyl sites for hydroxylation is 1. The number of aromatic nitrogens is 1. The van der Waals surface area contributed by atoms with Crippen molar-refractivity contribution in [1.82, 2.24) is 20.5 Å². The molecular formula is C42H44N6O9S. The largest absolute Gasteiger partial charge is 0.504 e. The summed E-state index contributed by atoms with van der Waals surface area (Å²) in [5.74, 6) is 1.48. The van der Waals surface area contributed by atoms with E-state index in [1.807, 2.05) is 38.1 Å². The van der Waals surface area contributed by atoms with Crippen molar-refractivity contribution >= 4 is 34.6 Å². The third-order valence-corrected chi connectivity index (χ3v) is 14.4. The molecule has 3 aromatic carbocycles. The van der Waals surface area contributed by atoms with Gasteiger partial charge in [-0.25, -0.2) is 4.79 Å². The van der Waals surface area contributed by atoms with Crippen molar-refractivity contribution in [3.8, 4) is 40.6 Å². The van der Waals surface area contributed by atoms with E-state index in [0.717, 1.165) is 27.6 Å². The number of esters is 2. The maximum atomic E-state index is 15.1. The van der Waals surface area contributed by atoms with Gasteiger partial charge in [-0.3, -0.25) is 15.0 Å². The molecule has 7 aliphatic rings. The topological polar surface area (TPSA) is 203 Å². The van der Waals surface area contributed by atoms with Crippen molar-refractivity contribution in [3.63, 3.8) is 0 Å². The molecule has 0 aliphatic carbocycles. The van der Waals surface area contributed by atoms with E-state index in [4.69, 9.17) is 34.2 Å². The highest BCUT2D eigenvalue weighted by Gasteiger charge is 2.61. The molecule has 6 N–H and O–H groups in total. The standard InChI is InChI=1S/C42H44N6O9S/c1-17-8-20-9-26-27(13-44)48-28-14-54-41(51)42(40-24(10-21(12-43)47-42)23-11-22(52-4)6-7-25(23)46-40)15-58-39(33(48)32(45-26)29(20)34(50)35(17)53-5)31-30(28)38-37(55-16-56-38)18(2)36(31)57-19(3)49/h6-8,11,21,26-28,32-33,39,45-47,50H,9-10,12,14-16,43H2,1-5H3/t21-,26+,27+,28+,32-,33-,39-,42-/m1/s1. The number of rotatable bonds is 4. The van der Waals surface area contributed by atoms with Crippen LogP contribution in [0.3, 0.4) is 0 Å². The maximum Gasteiger partial charge on any atom is 0.333 e. The van der Waals surface area contributed by atoms with Gasteiger partial charge in [-0.1, -0.05) is 6.07 Å². The highest BCUT2D eigenvalue weighted by atomic mass is 32.2. The Kier molecular flexibility index (Phi) is 8.59. The molecule has 15 nitrogen and oxygen atoms in total. The van der Waals surface area contributed by atoms with Crippen LogP contribution < -0.4 is 40.1 Å². The lowest BCUT2D eigenvalue weighted by Crippen LogP contribution is -2.69. The van der Waals surface area contributed by atoms with E-state index in [2.05, 4.69) is 26.6 Å². The lowest BCUT2D eigenvalue weighted by atomic mass is 9.72. The number of nitrogens with one attached hydrogen (secondary N) is 3. The predicted molar refractivity (Wildman–Crippen MR) is 212 cm³/mol. The molecule has 0 unspecified atom stereocenters. The fraction of sp³-hybridized carbons (Fsp3) is 0.452. The van der Waals surface area contributed by atoms with Gasteiger partial charge in [0.1, 0.15) is 24.1 Å². The second-order valence-electron chi connectivity index (χ2n) is 16.0. The van der Waals surface area contributed by atoms with E-state index >= 15 is 4.79 Å². The van der Waals surface area contributed by atoms with Crippen molar-refractivity contribution < 1.29 is 43.1 Å². The Hall–Kier alpha value is -5.18. The van der Waals surface area contributed by atoms with E-state index in [9.17, 15) is 15.2 Å². The molecule has 1 aromatic heterocycles. The number of aromatic amines is 1. The quantitative estimate of drug-likeness (QED) is 0.147. The summed E-state index contributed by atoms with van der Waals surface area (Å²) in [6.07, 6.45) is 1.03. The zero-order valence-electron chi connectivity index (χ0n) is 32.7. The van der Waals surface area contributed by atoms with Crippen LogP contribution in [0.25, 0.3) is 10.9 Å². The summed E-state index contributed by atoms with van der Waals surface area (Å²) < 4.78 is 36.3. The minimum Gasteiger partial charge on any atom is -0.504 e. The van der Waals surface area contributed by atoms with E-state index in [-0.39, 0.29) is 43.5 Å². The first-order valence-electron chi connectivity index (χ1n) is 19.5. The molecule has 1 spiro atoms. The number of hydrogen-bond acceptors (Lipinski definition) is 15. The number of phenols is 1. The van der Waals surface area contributed by atoms with E-state index < -0.39 is 46.9 Å². The number of aromatic hydroxyl groups is 1. The molecule has 0 amide bonds. The Bertz CT molecular complexity index is 2480. The van der Waals surface area contributed by atoms with Crippen LogP contribution in [-0.4, -0.2) is 91.0 Å². The van der Waals surface area contributed by atoms with Gasteiger partial charge in [0.2, 0.25) is 6.79 Å². The molecule has 2 saturated heterocycles. The van der Waals surface area contributed by atoms with Gasteiger partial charge in [-0.15, -0.1) is 11.8 Å². The molecule has 302 valence electrons. The van der Waals surface area contributed by atoms with Gasteiger partial charge in [0.15, 0.2) is 28.5 Å². The molecule has 8 heterocycles. The van der Waals surface area contributed by atoms with E-state index in [1.165, 1.54) is 25.8 Å². The summed E-state index contributed by atoms with van der Waals surface area (Å²) in [6.45, 7) is 5.12. The number of phenolic OH excluding ortho intramolecular Hbond substituents is 1. The Balaban J connectivity index is 1.24. The summed E-state index contributed by atoms with van der Waals surface area (Å²) in [4.78, 5) is 33.8. The Morgan fingerprint density at radius 3 is 2.66 bits per heavy atom. The monoisotopic (exact) mass is 808 g/mol. The fourth-order valence-electron chi connectivity index (χ4n) is 10.7. The molecule has 2 fully saturated rings. The first-order chi connectivity index (χ1) is 28.0. The summed E-state index contributed by atoms with van der Waals surface area (Å²) in [7, 11) is 3.16. The van der Waals surface area contributed by atoms with Gasteiger partial charge >= 0.3 is 11.9 Å². The summed E-state index contributed by atoms with van der Waals surface area (Å²) in [6, 6.07) is 7.28. The average Bonchev–Trinajstić information content (AvgIpc) is 3.86. The van der Waals surface area contributed by atoms with Crippen molar-refractivity contribution in [3.05, 3.63) is 68.9 Å². The molecular weight excluding hydrogens is 765 g/mol. The number of ether oxygens (including phenoxy) is 6. The van der Waals surface area contributed by atoms with E-state index in [0.29, 0.717) is 69.5 Å². The van der Waals surface area contributed by atoms with Gasteiger partial charge in [0.25, 0.3) is 0 Å². The number of hydrogen-bond donors (Lipinski definition) is 5. The smallest absolute Gasteiger partial charge is 0.333 e. The van der Waals surface area contributed by atoms with E-state index in [1.54, 1.807) is 7.11 Å². The van der Waals surface area contributed by atoms with Crippen LogP contribution in [-0.2, 0) is 32.7 Å². The third kappa shape index (κ3) is 5.06. The number of thioether (sulfide) groups is 1. The number of methoxy groups -OCH3 is 2. The lowest BCUT2D eigenvalue weighted by Gasteiger charge is -2.59. The Labute approximate surface area is 338 Å². The highest BCUT2D eigenvalue weighted by molar-refractivity contribution is 7.99. The van der Waals surface area contributed by atoms with Crippen LogP contribution in [0.5, 0.6) is 34.5 Å². The van der Waals surface area contributed by atoms with Crippen molar-refractivity contribution in [2.45, 2.75) is 80.7 Å². The van der Waals surface area contributed by atoms with Crippen LogP contribution in [0.4, 0.5) is 0 Å². The number of benzene rings is 3. The number of H-pyrrole nitrogens is 1. The van der Waals surface area contributed by atoms with Gasteiger partial charge in [-0.05, 0) is 61.6 Å². The van der Waals surface area contributed by atoms with Crippen molar-refractivity contribution in [2.75, 3.05) is 39.9 Å². The first-order valence-corrected chi connectivity index (χ1v) is 20.5. The zero-order chi connectivity index (χ0) is 40.4. The summed E-state index contributed by atoms with van der Waals surface area (Å²) in [5, 5.41) is 30.9. The van der Waals surface area contributed by atoms with Crippen LogP contribution in [0, 0.1) is 25.2 Å². The second-order valence-corrected chi connectivity index (χ2v) is 17.1. The number of carbonyl (C=O) groups is 2. The lowest BCUT2D eigenvalue weighted by molar-refractivity contribution is -0.156. The molecule has 0 saturated carbocycles. The third-order valence-electron chi connectivity index (χ3n) is 13.0. The second kappa shape index (κ2) is 13.4. The van der Waals surface area contributed by atoms with Crippen molar-refractivity contribution in [2.24, 2.45) is 5.73 Å². The number of nitrogens with two attached hydrogens (primary N) is 1. The minimum absolute atomic E-state index is 0.0323. The Morgan fingerprint density at radius 1 is 1.10 bits per heavy atom. The van der Waals surface area contributed by atoms with Gasteiger partial charge in [0.05, 0.1) is 43.3 Å². The van der Waals surface area contributed by atoms with Crippen LogP contribution in [0.15, 0.2) is 24.3 Å². The number of piperazine rings is 1. The zero-order valence-corrected chi connectivity index (χ0v) is 33.5. The fourth-order valence-corrected chi connectivity index (χ4v) is 12.3. The van der Waals surface area contributed by atoms with Gasteiger partial charge < -0.3 is 49.6 Å². The van der Waals surface area contributed by atoms with Crippen molar-refractivity contribution in [1.29, 1.82) is 5.26 Å². The molecule has 58 heavy (non-hydrogen) atoms. The normalized spacial score (nSPS) is 29.1. The molecule has 0 radical (unpaired) electrons. The molecule has 16 heteroatoms. The number of fused-ring (bicyclic) bond motifs is 11. The minimum atomic E-state index is -1.39. The Morgan fingerprint density at radius 2 is 1.91 bits per heavy atom. The first kappa shape index (κ1) is 37.1. The van der Waals surface area contributed by atoms with Crippen LogP contribution >= 0.6 is 11.8 Å². The molecule has 11 rings (SSSR count). The predicted octanol–water partition coefficient (Wildman–Crippen LogP) is 3.75. The van der Waals surface area contributed by atoms with Crippen LogP contribution in [0.2, 0.25) is 0 Å². The average molecular weight is 809 g/mol. The number of nitriles is 1. The molecule has 7 aliphatic heterocycles. The molecule has 8 atom stereocenters. The van der Waals surface area contributed by atoms with Crippen LogP contribution in [0.1, 0.15) is 68.9 Å². The van der Waals surface area contributed by atoms with Gasteiger partial charge in [0, 0.05) is 70.5 Å². The highest BCUT2D eigenvalue weighted by Crippen LogP contribution is 2.63. The maximum absolute atomic E-state index is 15.1.